The molecule has 2 saturated heterocycles. The summed E-state index contributed by atoms with van der Waals surface area (Å²) in [7, 11) is 0. The average Bonchev–Trinajstić information content (AvgIpc) is 2.35. The van der Waals surface area contributed by atoms with Gasteiger partial charge in [0.05, 0.1) is 12.6 Å². The van der Waals surface area contributed by atoms with E-state index in [0.29, 0.717) is 19.0 Å². The number of carbonyl (C=O) groups excluding carboxylic acids is 1. The molecule has 2 aliphatic heterocycles. The fourth-order valence-corrected chi connectivity index (χ4v) is 2.69. The number of nitrogens with zero attached hydrogens (tertiary/aromatic N) is 2. The monoisotopic (exact) mass is 240 g/mol. The molecule has 0 saturated carbocycles. The summed E-state index contributed by atoms with van der Waals surface area (Å²) in [6, 6.07) is 0. The van der Waals surface area contributed by atoms with Gasteiger partial charge in [-0.3, -0.25) is 9.69 Å². The Hall–Kier alpha value is -0.610. The summed E-state index contributed by atoms with van der Waals surface area (Å²) < 4.78 is 0. The third-order valence-corrected chi connectivity index (χ3v) is 4.07. The van der Waals surface area contributed by atoms with Crippen LogP contribution < -0.4 is 0 Å². The number of aliphatic hydroxyl groups excluding tert-OH is 1. The maximum atomic E-state index is 12.1. The number of carbonyl (C=O) groups is 1. The molecule has 0 spiro atoms. The highest BCUT2D eigenvalue weighted by Gasteiger charge is 2.27. The number of rotatable bonds is 2. The van der Waals surface area contributed by atoms with Gasteiger partial charge in [0.25, 0.3) is 0 Å². The lowest BCUT2D eigenvalue weighted by atomic mass is 9.96. The molecule has 17 heavy (non-hydrogen) atoms. The third kappa shape index (κ3) is 3.42. The van der Waals surface area contributed by atoms with Gasteiger partial charge in [-0.15, -0.1) is 0 Å². The fraction of sp³-hybridized carbons (Fsp3) is 0.923. The van der Waals surface area contributed by atoms with Crippen molar-refractivity contribution in [2.75, 3.05) is 32.7 Å². The van der Waals surface area contributed by atoms with Crippen LogP contribution in [0.15, 0.2) is 0 Å². The molecule has 2 heterocycles. The molecule has 0 aliphatic carbocycles. The van der Waals surface area contributed by atoms with Crippen molar-refractivity contribution >= 4 is 5.91 Å². The summed E-state index contributed by atoms with van der Waals surface area (Å²) in [5.41, 5.74) is 0. The predicted molar refractivity (Wildman–Crippen MR) is 66.7 cm³/mol. The molecule has 4 heteroatoms. The number of piperidine rings is 2. The van der Waals surface area contributed by atoms with Crippen LogP contribution in [0, 0.1) is 5.92 Å². The van der Waals surface area contributed by atoms with Gasteiger partial charge in [0.2, 0.25) is 5.91 Å². The van der Waals surface area contributed by atoms with Gasteiger partial charge < -0.3 is 10.0 Å². The Morgan fingerprint density at radius 3 is 2.59 bits per heavy atom. The lowest BCUT2D eigenvalue weighted by Crippen LogP contribution is -2.48. The summed E-state index contributed by atoms with van der Waals surface area (Å²) in [6.45, 7) is 6.01. The van der Waals surface area contributed by atoms with Gasteiger partial charge in [-0.2, -0.15) is 0 Å². The number of aliphatic hydroxyl groups is 1. The first kappa shape index (κ1) is 12.8. The SMILES string of the molecule is CC1CCN(CC(=O)N2CCCCC2)CC1O. The summed E-state index contributed by atoms with van der Waals surface area (Å²) in [4.78, 5) is 16.1. The highest BCUT2D eigenvalue weighted by atomic mass is 16.3. The molecule has 2 unspecified atom stereocenters. The number of likely N-dealkylation sites (tertiary alicyclic amines) is 2. The average molecular weight is 240 g/mol. The van der Waals surface area contributed by atoms with E-state index >= 15 is 0 Å². The molecule has 1 amide bonds. The Morgan fingerprint density at radius 1 is 1.24 bits per heavy atom. The van der Waals surface area contributed by atoms with E-state index < -0.39 is 0 Å². The molecule has 2 aliphatic rings. The molecule has 2 atom stereocenters. The van der Waals surface area contributed by atoms with Crippen molar-refractivity contribution < 1.29 is 9.90 Å². The summed E-state index contributed by atoms with van der Waals surface area (Å²) in [5, 5.41) is 9.80. The van der Waals surface area contributed by atoms with Crippen molar-refractivity contribution in [2.45, 2.75) is 38.7 Å². The van der Waals surface area contributed by atoms with Crippen LogP contribution in [-0.2, 0) is 4.79 Å². The Kier molecular flexibility index (Phi) is 4.40. The lowest BCUT2D eigenvalue weighted by molar-refractivity contribution is -0.134. The van der Waals surface area contributed by atoms with Gasteiger partial charge in [-0.1, -0.05) is 6.92 Å². The molecular weight excluding hydrogens is 216 g/mol. The number of hydrogen-bond acceptors (Lipinski definition) is 3. The zero-order valence-corrected chi connectivity index (χ0v) is 10.8. The van der Waals surface area contributed by atoms with Crippen molar-refractivity contribution in [2.24, 2.45) is 5.92 Å². The molecule has 0 bridgehead atoms. The molecule has 2 fully saturated rings. The standard InChI is InChI=1S/C13H24N2O2/c1-11-5-8-14(9-12(11)16)10-13(17)15-6-3-2-4-7-15/h11-12,16H,2-10H2,1H3. The minimum Gasteiger partial charge on any atom is -0.392 e. The molecule has 0 radical (unpaired) electrons. The van der Waals surface area contributed by atoms with E-state index in [1.807, 2.05) is 4.90 Å². The summed E-state index contributed by atoms with van der Waals surface area (Å²) in [5.74, 6) is 0.614. The van der Waals surface area contributed by atoms with Crippen LogP contribution in [-0.4, -0.2) is 59.6 Å². The Bertz CT molecular complexity index is 264. The van der Waals surface area contributed by atoms with E-state index in [-0.39, 0.29) is 12.0 Å². The van der Waals surface area contributed by atoms with Gasteiger partial charge in [0.1, 0.15) is 0 Å². The zero-order chi connectivity index (χ0) is 12.3. The van der Waals surface area contributed by atoms with Crippen LogP contribution in [0.3, 0.4) is 0 Å². The van der Waals surface area contributed by atoms with Crippen molar-refractivity contribution in [1.82, 2.24) is 9.80 Å². The van der Waals surface area contributed by atoms with Gasteiger partial charge in [0, 0.05) is 19.6 Å². The first-order valence-corrected chi connectivity index (χ1v) is 6.85. The molecule has 98 valence electrons. The van der Waals surface area contributed by atoms with Crippen molar-refractivity contribution in [1.29, 1.82) is 0 Å². The highest BCUT2D eigenvalue weighted by molar-refractivity contribution is 5.78. The quantitative estimate of drug-likeness (QED) is 0.773. The van der Waals surface area contributed by atoms with Crippen molar-refractivity contribution in [3.63, 3.8) is 0 Å². The van der Waals surface area contributed by atoms with Crippen LogP contribution >= 0.6 is 0 Å². The summed E-state index contributed by atoms with van der Waals surface area (Å²) >= 11 is 0. The molecule has 0 aromatic rings. The topological polar surface area (TPSA) is 43.8 Å². The van der Waals surface area contributed by atoms with Crippen molar-refractivity contribution in [3.8, 4) is 0 Å². The minimum atomic E-state index is -0.266. The maximum Gasteiger partial charge on any atom is 0.236 e. The Balaban J connectivity index is 1.78. The van der Waals surface area contributed by atoms with Gasteiger partial charge in [-0.05, 0) is 38.1 Å². The van der Waals surface area contributed by atoms with Gasteiger partial charge in [0.15, 0.2) is 0 Å². The van der Waals surface area contributed by atoms with E-state index in [9.17, 15) is 9.90 Å². The first-order valence-electron chi connectivity index (χ1n) is 6.85. The van der Waals surface area contributed by atoms with E-state index in [0.717, 1.165) is 38.9 Å². The second-order valence-corrected chi connectivity index (χ2v) is 5.51. The normalized spacial score (nSPS) is 31.5. The first-order chi connectivity index (χ1) is 8.16. The molecule has 1 N–H and O–H groups in total. The van der Waals surface area contributed by atoms with Crippen LogP contribution in [0.25, 0.3) is 0 Å². The second-order valence-electron chi connectivity index (χ2n) is 5.51. The van der Waals surface area contributed by atoms with Crippen LogP contribution in [0.5, 0.6) is 0 Å². The van der Waals surface area contributed by atoms with E-state index in [2.05, 4.69) is 11.8 Å². The van der Waals surface area contributed by atoms with Crippen molar-refractivity contribution in [3.05, 3.63) is 0 Å². The molecular formula is C13H24N2O2. The third-order valence-electron chi connectivity index (χ3n) is 4.07. The largest absolute Gasteiger partial charge is 0.392 e. The summed E-state index contributed by atoms with van der Waals surface area (Å²) in [6.07, 6.45) is 4.27. The highest BCUT2D eigenvalue weighted by Crippen LogP contribution is 2.17. The van der Waals surface area contributed by atoms with E-state index in [1.54, 1.807) is 0 Å². The van der Waals surface area contributed by atoms with Crippen LogP contribution in [0.4, 0.5) is 0 Å². The molecule has 0 aromatic heterocycles. The van der Waals surface area contributed by atoms with Crippen LogP contribution in [0.2, 0.25) is 0 Å². The maximum absolute atomic E-state index is 12.1. The number of β-amino-alcohol motifs (C(OH)–C–C–N with tert-alkyl or cyclic N) is 1. The zero-order valence-electron chi connectivity index (χ0n) is 10.8. The predicted octanol–water partition coefficient (Wildman–Crippen LogP) is 0.702. The second kappa shape index (κ2) is 5.83. The van der Waals surface area contributed by atoms with Crippen LogP contribution in [0.1, 0.15) is 32.6 Å². The van der Waals surface area contributed by atoms with Gasteiger partial charge in [-0.25, -0.2) is 0 Å². The molecule has 2 rings (SSSR count). The Morgan fingerprint density at radius 2 is 1.94 bits per heavy atom. The number of hydrogen-bond donors (Lipinski definition) is 1. The minimum absolute atomic E-state index is 0.242. The lowest BCUT2D eigenvalue weighted by Gasteiger charge is -2.35. The van der Waals surface area contributed by atoms with E-state index in [1.165, 1.54) is 6.42 Å². The molecule has 4 nitrogen and oxygen atoms in total. The smallest absolute Gasteiger partial charge is 0.236 e. The van der Waals surface area contributed by atoms with E-state index in [4.69, 9.17) is 0 Å². The fourth-order valence-electron chi connectivity index (χ4n) is 2.69. The van der Waals surface area contributed by atoms with Gasteiger partial charge >= 0.3 is 0 Å². The molecule has 0 aromatic carbocycles. The number of amides is 1. The Labute approximate surface area is 104 Å².